The van der Waals surface area contributed by atoms with Crippen molar-refractivity contribution < 1.29 is 4.39 Å². The fraction of sp³-hybridized carbons (Fsp3) is 0.250. The van der Waals surface area contributed by atoms with Crippen LogP contribution in [-0.4, -0.2) is 17.4 Å². The van der Waals surface area contributed by atoms with E-state index in [1.807, 2.05) is 6.07 Å². The van der Waals surface area contributed by atoms with Crippen molar-refractivity contribution in [1.29, 1.82) is 0 Å². The lowest BCUT2D eigenvalue weighted by molar-refractivity contribution is 0.636. The van der Waals surface area contributed by atoms with Crippen LogP contribution in [0, 0.1) is 0 Å². The van der Waals surface area contributed by atoms with Gasteiger partial charge in [0.25, 0.3) is 0 Å². The number of H-pyrrole nitrogens is 1. The van der Waals surface area contributed by atoms with Crippen LogP contribution in [0.25, 0.3) is 0 Å². The van der Waals surface area contributed by atoms with Crippen LogP contribution in [0.5, 0.6) is 0 Å². The van der Waals surface area contributed by atoms with Crippen LogP contribution in [0.3, 0.4) is 0 Å². The minimum Gasteiger partial charge on any atom is -0.286 e. The van der Waals surface area contributed by atoms with Crippen molar-refractivity contribution >= 4 is 0 Å². The van der Waals surface area contributed by atoms with Crippen molar-refractivity contribution in [3.63, 3.8) is 0 Å². The zero-order valence-corrected chi connectivity index (χ0v) is 4.06. The van der Waals surface area contributed by atoms with Crippen molar-refractivity contribution in [3.8, 4) is 0 Å². The lowest BCUT2D eigenvalue weighted by Crippen LogP contribution is -1.53. The second kappa shape index (κ2) is 5.14. The maximum Gasteiger partial charge on any atom is 0.0785 e. The van der Waals surface area contributed by atoms with Gasteiger partial charge in [-0.05, 0) is 6.07 Å². The molecule has 1 aromatic rings. The minimum absolute atomic E-state index is 0.500. The Morgan fingerprint density at radius 3 is 2.43 bits per heavy atom. The van der Waals surface area contributed by atoms with E-state index in [4.69, 9.17) is 0 Å². The molecule has 0 amide bonds. The molecule has 40 valence electrons. The maximum absolute atomic E-state index is 9.50. The third-order valence-corrected chi connectivity index (χ3v) is 0.406. The minimum atomic E-state index is 0.500. The Labute approximate surface area is 41.4 Å². The van der Waals surface area contributed by atoms with Crippen LogP contribution in [0.15, 0.2) is 18.5 Å². The SMILES string of the molecule is CF.c1cn[nH]c1. The molecule has 0 spiro atoms. The molecule has 1 rings (SSSR count). The Hall–Kier alpha value is -0.860. The Kier molecular flexibility index (Phi) is 4.51. The number of aromatic amines is 1. The van der Waals surface area contributed by atoms with E-state index in [2.05, 4.69) is 10.2 Å². The first-order chi connectivity index (χ1) is 3.50. The predicted octanol–water partition coefficient (Wildman–Crippen LogP) is 0.995. The van der Waals surface area contributed by atoms with Crippen molar-refractivity contribution in [2.75, 3.05) is 7.18 Å². The van der Waals surface area contributed by atoms with E-state index in [0.717, 1.165) is 0 Å². The van der Waals surface area contributed by atoms with Gasteiger partial charge in [0.2, 0.25) is 0 Å². The fourth-order valence-corrected chi connectivity index (χ4v) is 0.215. The molecule has 0 saturated carbocycles. The molecule has 1 N–H and O–H groups in total. The Bertz CT molecular complexity index is 66.2. The molecule has 0 aromatic carbocycles. The largest absolute Gasteiger partial charge is 0.286 e. The van der Waals surface area contributed by atoms with E-state index in [-0.39, 0.29) is 0 Å². The van der Waals surface area contributed by atoms with Crippen LogP contribution in [0.4, 0.5) is 4.39 Å². The van der Waals surface area contributed by atoms with E-state index < -0.39 is 0 Å². The molecular weight excluding hydrogens is 95.1 g/mol. The second-order valence-electron chi connectivity index (χ2n) is 0.766. The molecule has 7 heavy (non-hydrogen) atoms. The Balaban J connectivity index is 0.000000162. The first-order valence-electron chi connectivity index (χ1n) is 1.82. The normalized spacial score (nSPS) is 6.57. The topological polar surface area (TPSA) is 28.7 Å². The highest BCUT2D eigenvalue weighted by Crippen LogP contribution is 1.64. The molecule has 1 aromatic heterocycles. The van der Waals surface area contributed by atoms with Gasteiger partial charge in [0, 0.05) is 12.4 Å². The van der Waals surface area contributed by atoms with Crippen molar-refractivity contribution in [1.82, 2.24) is 10.2 Å². The van der Waals surface area contributed by atoms with E-state index in [1.54, 1.807) is 12.4 Å². The lowest BCUT2D eigenvalue weighted by atomic mass is 10.8. The van der Waals surface area contributed by atoms with Gasteiger partial charge in [-0.15, -0.1) is 0 Å². The smallest absolute Gasteiger partial charge is 0.0785 e. The third kappa shape index (κ3) is 2.96. The van der Waals surface area contributed by atoms with Gasteiger partial charge in [0.05, 0.1) is 7.18 Å². The second-order valence-corrected chi connectivity index (χ2v) is 0.766. The highest BCUT2D eigenvalue weighted by Gasteiger charge is 1.56. The van der Waals surface area contributed by atoms with Gasteiger partial charge in [-0.1, -0.05) is 0 Å². The Morgan fingerprint density at radius 1 is 1.57 bits per heavy atom. The molecule has 0 saturated heterocycles. The summed E-state index contributed by atoms with van der Waals surface area (Å²) in [6.45, 7) is 0. The highest BCUT2D eigenvalue weighted by atomic mass is 19.1. The number of alkyl halides is 1. The van der Waals surface area contributed by atoms with Crippen molar-refractivity contribution in [3.05, 3.63) is 18.5 Å². The van der Waals surface area contributed by atoms with E-state index in [0.29, 0.717) is 7.18 Å². The molecule has 0 bridgehead atoms. The van der Waals surface area contributed by atoms with Gasteiger partial charge in [-0.25, -0.2) is 0 Å². The molecular formula is C4H7FN2. The number of rotatable bonds is 0. The standard InChI is InChI=1S/C3H4N2.CH3F/c1-2-4-5-3-1;1-2/h1-3H,(H,4,5);1H3. The number of halogens is 1. The van der Waals surface area contributed by atoms with Crippen LogP contribution < -0.4 is 0 Å². The number of nitrogens with one attached hydrogen (secondary N) is 1. The van der Waals surface area contributed by atoms with Crippen LogP contribution >= 0.6 is 0 Å². The van der Waals surface area contributed by atoms with Crippen LogP contribution in [0.1, 0.15) is 0 Å². The van der Waals surface area contributed by atoms with Crippen molar-refractivity contribution in [2.24, 2.45) is 0 Å². The Morgan fingerprint density at radius 2 is 2.29 bits per heavy atom. The molecule has 2 nitrogen and oxygen atoms in total. The summed E-state index contributed by atoms with van der Waals surface area (Å²) in [6, 6.07) is 1.83. The summed E-state index contributed by atoms with van der Waals surface area (Å²) in [5.74, 6) is 0. The van der Waals surface area contributed by atoms with E-state index >= 15 is 0 Å². The van der Waals surface area contributed by atoms with Gasteiger partial charge >= 0.3 is 0 Å². The van der Waals surface area contributed by atoms with Crippen LogP contribution in [0.2, 0.25) is 0 Å². The van der Waals surface area contributed by atoms with E-state index in [1.165, 1.54) is 0 Å². The highest BCUT2D eigenvalue weighted by molar-refractivity contribution is 4.72. The zero-order valence-electron chi connectivity index (χ0n) is 4.06. The third-order valence-electron chi connectivity index (χ3n) is 0.406. The molecule has 0 aliphatic carbocycles. The number of nitrogens with zero attached hydrogens (tertiary/aromatic N) is 1. The molecule has 0 atom stereocenters. The first-order valence-corrected chi connectivity index (χ1v) is 1.82. The summed E-state index contributed by atoms with van der Waals surface area (Å²) >= 11 is 0. The average Bonchev–Trinajstić information content (AvgIpc) is 2.23. The number of aromatic nitrogens is 2. The average molecular weight is 102 g/mol. The zero-order chi connectivity index (χ0) is 5.54. The maximum atomic E-state index is 9.50. The quantitative estimate of drug-likeness (QED) is 0.520. The number of hydrogen-bond donors (Lipinski definition) is 1. The lowest BCUT2D eigenvalue weighted by Gasteiger charge is -1.49. The van der Waals surface area contributed by atoms with Gasteiger partial charge in [-0.3, -0.25) is 9.49 Å². The van der Waals surface area contributed by atoms with Gasteiger partial charge in [-0.2, -0.15) is 5.10 Å². The van der Waals surface area contributed by atoms with Crippen molar-refractivity contribution in [2.45, 2.75) is 0 Å². The monoisotopic (exact) mass is 102 g/mol. The van der Waals surface area contributed by atoms with Gasteiger partial charge in [0.15, 0.2) is 0 Å². The molecule has 3 heteroatoms. The molecule has 0 aliphatic heterocycles. The van der Waals surface area contributed by atoms with Gasteiger partial charge < -0.3 is 0 Å². The molecule has 0 radical (unpaired) electrons. The first kappa shape index (κ1) is 6.14. The summed E-state index contributed by atoms with van der Waals surface area (Å²) in [6.07, 6.45) is 3.46. The summed E-state index contributed by atoms with van der Waals surface area (Å²) in [5, 5.41) is 6.21. The molecule has 0 unspecified atom stereocenters. The predicted molar refractivity (Wildman–Crippen MR) is 25.6 cm³/mol. The molecule has 0 aliphatic rings. The fourth-order valence-electron chi connectivity index (χ4n) is 0.215. The summed E-state index contributed by atoms with van der Waals surface area (Å²) in [7, 11) is 0.500. The van der Waals surface area contributed by atoms with Gasteiger partial charge in [0.1, 0.15) is 0 Å². The number of hydrogen-bond acceptors (Lipinski definition) is 1. The molecule has 1 heterocycles. The molecule has 0 fully saturated rings. The summed E-state index contributed by atoms with van der Waals surface area (Å²) in [5.41, 5.74) is 0. The van der Waals surface area contributed by atoms with E-state index in [9.17, 15) is 4.39 Å². The van der Waals surface area contributed by atoms with Crippen LogP contribution in [-0.2, 0) is 0 Å². The summed E-state index contributed by atoms with van der Waals surface area (Å²) < 4.78 is 9.50. The summed E-state index contributed by atoms with van der Waals surface area (Å²) in [4.78, 5) is 0.